The van der Waals surface area contributed by atoms with Gasteiger partial charge in [-0.1, -0.05) is 40.5 Å². The molecule has 4 rings (SSSR count). The first-order chi connectivity index (χ1) is 14.8. The number of ether oxygens (including phenoxy) is 1. The van der Waals surface area contributed by atoms with E-state index in [1.54, 1.807) is 48.1 Å². The van der Waals surface area contributed by atoms with E-state index in [2.05, 4.69) is 15.0 Å². The molecule has 0 fully saturated rings. The Morgan fingerprint density at radius 2 is 1.97 bits per heavy atom. The minimum atomic E-state index is -1.70. The standard InChI is InChI=1S/C19H13Cl2N5O5/c1-24-14-6-5-11(7-13(14)22-23-24)25-9-15(31-19(29)30)17(27)26(18(25)28)8-10-3-2-4-12(20)16(10)21/h2-7,9H,8H2,1H3,(H,29,30). The molecule has 10 nitrogen and oxygen atoms in total. The molecule has 0 aliphatic rings. The Morgan fingerprint density at radius 1 is 1.19 bits per heavy atom. The molecule has 0 saturated heterocycles. The van der Waals surface area contributed by atoms with Crippen LogP contribution in [0, 0.1) is 0 Å². The van der Waals surface area contributed by atoms with E-state index < -0.39 is 23.2 Å². The van der Waals surface area contributed by atoms with E-state index in [0.717, 1.165) is 20.8 Å². The van der Waals surface area contributed by atoms with Crippen LogP contribution < -0.4 is 16.0 Å². The van der Waals surface area contributed by atoms with E-state index in [9.17, 15) is 14.4 Å². The van der Waals surface area contributed by atoms with Gasteiger partial charge >= 0.3 is 11.8 Å². The molecule has 0 spiro atoms. The number of fused-ring (bicyclic) bond motifs is 1. The van der Waals surface area contributed by atoms with Crippen molar-refractivity contribution in [2.45, 2.75) is 6.54 Å². The molecule has 0 radical (unpaired) electrons. The van der Waals surface area contributed by atoms with Crippen molar-refractivity contribution in [1.29, 1.82) is 0 Å². The van der Waals surface area contributed by atoms with Gasteiger partial charge in [-0.05, 0) is 29.8 Å². The van der Waals surface area contributed by atoms with Crippen LogP contribution in [0.5, 0.6) is 5.75 Å². The first kappa shape index (κ1) is 20.6. The fourth-order valence-corrected chi connectivity index (χ4v) is 3.47. The van der Waals surface area contributed by atoms with Gasteiger partial charge in [-0.15, -0.1) is 5.10 Å². The number of benzene rings is 2. The van der Waals surface area contributed by atoms with Gasteiger partial charge < -0.3 is 9.84 Å². The predicted molar refractivity (Wildman–Crippen MR) is 113 cm³/mol. The van der Waals surface area contributed by atoms with Crippen LogP contribution in [0.25, 0.3) is 16.7 Å². The molecular weight excluding hydrogens is 449 g/mol. The van der Waals surface area contributed by atoms with E-state index in [0.29, 0.717) is 16.8 Å². The molecule has 31 heavy (non-hydrogen) atoms. The van der Waals surface area contributed by atoms with Crippen LogP contribution in [0.2, 0.25) is 10.0 Å². The summed E-state index contributed by atoms with van der Waals surface area (Å²) in [6, 6.07) is 9.66. The largest absolute Gasteiger partial charge is 0.511 e. The summed E-state index contributed by atoms with van der Waals surface area (Å²) >= 11 is 12.2. The van der Waals surface area contributed by atoms with Gasteiger partial charge in [-0.25, -0.2) is 14.3 Å². The number of rotatable bonds is 4. The molecule has 0 unspecified atom stereocenters. The third kappa shape index (κ3) is 3.78. The second-order valence-electron chi connectivity index (χ2n) is 6.50. The number of carbonyl (C=O) groups is 1. The molecule has 2 aromatic carbocycles. The first-order valence-corrected chi connectivity index (χ1v) is 9.52. The smallest absolute Gasteiger partial charge is 0.449 e. The van der Waals surface area contributed by atoms with Gasteiger partial charge in [-0.3, -0.25) is 13.9 Å². The SMILES string of the molecule is Cn1nnc2cc(-n3cc(OC(=O)O)c(=O)n(Cc4cccc(Cl)c4Cl)c3=O)ccc21. The Kier molecular flexibility index (Phi) is 5.25. The summed E-state index contributed by atoms with van der Waals surface area (Å²) in [6.45, 7) is -0.249. The minimum Gasteiger partial charge on any atom is -0.449 e. The highest BCUT2D eigenvalue weighted by atomic mass is 35.5. The molecule has 4 aromatic rings. The van der Waals surface area contributed by atoms with Crippen molar-refractivity contribution in [1.82, 2.24) is 24.1 Å². The molecule has 158 valence electrons. The Labute approximate surface area is 183 Å². The van der Waals surface area contributed by atoms with Crippen LogP contribution in [0.3, 0.4) is 0 Å². The van der Waals surface area contributed by atoms with Crippen molar-refractivity contribution in [2.75, 3.05) is 0 Å². The lowest BCUT2D eigenvalue weighted by Crippen LogP contribution is -2.40. The lowest BCUT2D eigenvalue weighted by molar-refractivity contribution is 0.143. The van der Waals surface area contributed by atoms with Crippen molar-refractivity contribution < 1.29 is 14.6 Å². The fourth-order valence-electron chi connectivity index (χ4n) is 3.09. The maximum Gasteiger partial charge on any atom is 0.511 e. The highest BCUT2D eigenvalue weighted by Gasteiger charge is 2.18. The summed E-state index contributed by atoms with van der Waals surface area (Å²) in [5.41, 5.74) is 0.291. The van der Waals surface area contributed by atoms with Gasteiger partial charge in [0.1, 0.15) is 5.52 Å². The zero-order valence-electron chi connectivity index (χ0n) is 15.8. The summed E-state index contributed by atoms with van der Waals surface area (Å²) < 4.78 is 8.08. The average molecular weight is 462 g/mol. The van der Waals surface area contributed by atoms with Crippen molar-refractivity contribution >= 4 is 40.4 Å². The third-order valence-corrected chi connectivity index (χ3v) is 5.43. The van der Waals surface area contributed by atoms with Crippen molar-refractivity contribution in [3.63, 3.8) is 0 Å². The molecule has 1 N–H and O–H groups in total. The molecule has 0 amide bonds. The van der Waals surface area contributed by atoms with Crippen LogP contribution in [0.4, 0.5) is 4.79 Å². The van der Waals surface area contributed by atoms with Crippen LogP contribution >= 0.6 is 23.2 Å². The maximum absolute atomic E-state index is 13.2. The molecule has 0 aliphatic heterocycles. The lowest BCUT2D eigenvalue weighted by Gasteiger charge is -2.13. The Morgan fingerprint density at radius 3 is 2.71 bits per heavy atom. The van der Waals surface area contributed by atoms with Crippen molar-refractivity contribution in [3.05, 3.63) is 79.0 Å². The van der Waals surface area contributed by atoms with Crippen LogP contribution in [-0.2, 0) is 13.6 Å². The maximum atomic E-state index is 13.2. The van der Waals surface area contributed by atoms with E-state index in [1.807, 2.05) is 0 Å². The first-order valence-electron chi connectivity index (χ1n) is 8.76. The highest BCUT2D eigenvalue weighted by Crippen LogP contribution is 2.26. The van der Waals surface area contributed by atoms with Gasteiger partial charge in [0.15, 0.2) is 0 Å². The van der Waals surface area contributed by atoms with Crippen LogP contribution in [0.1, 0.15) is 5.56 Å². The number of hydrogen-bond donors (Lipinski definition) is 1. The third-order valence-electron chi connectivity index (χ3n) is 4.57. The Balaban J connectivity index is 1.93. The molecule has 0 atom stereocenters. The molecule has 0 saturated carbocycles. The normalized spacial score (nSPS) is 11.1. The van der Waals surface area contributed by atoms with Crippen molar-refractivity contribution in [2.24, 2.45) is 7.05 Å². The molecule has 12 heteroatoms. The summed E-state index contributed by atoms with van der Waals surface area (Å²) in [6.07, 6.45) is -0.675. The summed E-state index contributed by atoms with van der Waals surface area (Å²) in [5, 5.41) is 17.3. The molecule has 2 heterocycles. The summed E-state index contributed by atoms with van der Waals surface area (Å²) in [7, 11) is 1.72. The fraction of sp³-hybridized carbons (Fsp3) is 0.105. The van der Waals surface area contributed by atoms with Gasteiger partial charge in [0, 0.05) is 7.05 Å². The molecule has 0 bridgehead atoms. The number of aromatic nitrogens is 5. The van der Waals surface area contributed by atoms with Crippen LogP contribution in [-0.4, -0.2) is 35.4 Å². The molecular formula is C19H13Cl2N5O5. The molecule has 0 aliphatic carbocycles. The average Bonchev–Trinajstić information content (AvgIpc) is 3.10. The quantitative estimate of drug-likeness (QED) is 0.463. The zero-order chi connectivity index (χ0) is 22.3. The van der Waals surface area contributed by atoms with E-state index in [-0.39, 0.29) is 16.6 Å². The Bertz CT molecular complexity index is 1460. The summed E-state index contributed by atoms with van der Waals surface area (Å²) in [4.78, 5) is 37.0. The number of hydrogen-bond acceptors (Lipinski definition) is 6. The van der Waals surface area contributed by atoms with E-state index in [4.69, 9.17) is 28.3 Å². The lowest BCUT2D eigenvalue weighted by atomic mass is 10.2. The van der Waals surface area contributed by atoms with E-state index >= 15 is 0 Å². The van der Waals surface area contributed by atoms with Gasteiger partial charge in [0.05, 0.1) is 34.0 Å². The predicted octanol–water partition coefficient (Wildman–Crippen LogP) is 2.69. The van der Waals surface area contributed by atoms with E-state index in [1.165, 1.54) is 0 Å². The van der Waals surface area contributed by atoms with Gasteiger partial charge in [0.25, 0.3) is 5.56 Å². The Hall–Kier alpha value is -3.63. The topological polar surface area (TPSA) is 121 Å². The second kappa shape index (κ2) is 7.89. The monoisotopic (exact) mass is 461 g/mol. The second-order valence-corrected chi connectivity index (χ2v) is 7.29. The number of carboxylic acid groups (broad SMARTS) is 1. The van der Waals surface area contributed by atoms with Gasteiger partial charge in [0.2, 0.25) is 5.75 Å². The molecule has 2 aromatic heterocycles. The van der Waals surface area contributed by atoms with Crippen LogP contribution in [0.15, 0.2) is 52.2 Å². The number of nitrogens with zero attached hydrogens (tertiary/aromatic N) is 5. The number of aryl methyl sites for hydroxylation is 1. The zero-order valence-corrected chi connectivity index (χ0v) is 17.3. The number of halogens is 2. The van der Waals surface area contributed by atoms with Crippen molar-refractivity contribution in [3.8, 4) is 11.4 Å². The minimum absolute atomic E-state index is 0.174. The summed E-state index contributed by atoms with van der Waals surface area (Å²) in [5.74, 6) is -0.551. The van der Waals surface area contributed by atoms with Gasteiger partial charge in [-0.2, -0.15) is 0 Å². The highest BCUT2D eigenvalue weighted by molar-refractivity contribution is 6.42.